The molecule has 1 saturated heterocycles. The zero-order valence-electron chi connectivity index (χ0n) is 7.33. The standard InChI is InChI=1S/C8H15NOS/c1-6(2)4-9-5-8(10)11-7(9)3/h6-7H,4-5H2,1-3H3/t7-/m0/s1. The van der Waals surface area contributed by atoms with Crippen LogP contribution in [0.3, 0.4) is 0 Å². The molecule has 0 unspecified atom stereocenters. The molecule has 0 aromatic heterocycles. The van der Waals surface area contributed by atoms with E-state index in [2.05, 4.69) is 25.7 Å². The summed E-state index contributed by atoms with van der Waals surface area (Å²) in [5.74, 6) is 0.656. The summed E-state index contributed by atoms with van der Waals surface area (Å²) in [6.45, 7) is 8.14. The van der Waals surface area contributed by atoms with Gasteiger partial charge in [0.2, 0.25) is 5.12 Å². The molecule has 0 aromatic rings. The van der Waals surface area contributed by atoms with Gasteiger partial charge in [-0.2, -0.15) is 0 Å². The lowest BCUT2D eigenvalue weighted by molar-refractivity contribution is -0.111. The third kappa shape index (κ3) is 2.49. The lowest BCUT2D eigenvalue weighted by atomic mass is 10.2. The first-order valence-electron chi connectivity index (χ1n) is 4.03. The number of rotatable bonds is 2. The lowest BCUT2D eigenvalue weighted by Crippen LogP contribution is -2.30. The molecule has 0 spiro atoms. The van der Waals surface area contributed by atoms with Crippen molar-refractivity contribution in [1.82, 2.24) is 4.90 Å². The van der Waals surface area contributed by atoms with E-state index in [9.17, 15) is 4.79 Å². The zero-order chi connectivity index (χ0) is 8.43. The monoisotopic (exact) mass is 173 g/mol. The van der Waals surface area contributed by atoms with Gasteiger partial charge in [-0.15, -0.1) is 0 Å². The summed E-state index contributed by atoms with van der Waals surface area (Å²) in [7, 11) is 0. The maximum Gasteiger partial charge on any atom is 0.204 e. The molecule has 1 aliphatic heterocycles. The van der Waals surface area contributed by atoms with Gasteiger partial charge in [-0.1, -0.05) is 25.6 Å². The maximum atomic E-state index is 11.0. The Labute approximate surface area is 72.3 Å². The van der Waals surface area contributed by atoms with Crippen molar-refractivity contribution in [3.63, 3.8) is 0 Å². The quantitative estimate of drug-likeness (QED) is 0.632. The summed E-state index contributed by atoms with van der Waals surface area (Å²) in [4.78, 5) is 13.2. The van der Waals surface area contributed by atoms with E-state index < -0.39 is 0 Å². The minimum Gasteiger partial charge on any atom is -0.286 e. The highest BCUT2D eigenvalue weighted by Crippen LogP contribution is 2.24. The fraction of sp³-hybridized carbons (Fsp3) is 0.875. The predicted molar refractivity (Wildman–Crippen MR) is 48.5 cm³/mol. The number of hydrogen-bond donors (Lipinski definition) is 0. The SMILES string of the molecule is CC(C)CN1CC(=O)S[C@H]1C. The van der Waals surface area contributed by atoms with Gasteiger partial charge in [-0.3, -0.25) is 9.69 Å². The fourth-order valence-corrected chi connectivity index (χ4v) is 2.21. The van der Waals surface area contributed by atoms with E-state index in [1.54, 1.807) is 0 Å². The Morgan fingerprint density at radius 3 is 2.73 bits per heavy atom. The van der Waals surface area contributed by atoms with Crippen LogP contribution in [-0.4, -0.2) is 28.5 Å². The van der Waals surface area contributed by atoms with E-state index in [0.29, 0.717) is 23.0 Å². The Kier molecular flexibility index (Phi) is 2.96. The van der Waals surface area contributed by atoms with E-state index in [1.807, 2.05) is 0 Å². The van der Waals surface area contributed by atoms with Crippen LogP contribution in [0.4, 0.5) is 0 Å². The lowest BCUT2D eigenvalue weighted by Gasteiger charge is -2.20. The number of carbonyl (C=O) groups excluding carboxylic acids is 1. The van der Waals surface area contributed by atoms with Crippen molar-refractivity contribution in [2.24, 2.45) is 5.92 Å². The van der Waals surface area contributed by atoms with Gasteiger partial charge >= 0.3 is 0 Å². The van der Waals surface area contributed by atoms with Crippen molar-refractivity contribution in [3.8, 4) is 0 Å². The largest absolute Gasteiger partial charge is 0.286 e. The number of nitrogens with zero attached hydrogens (tertiary/aromatic N) is 1. The molecule has 0 aromatic carbocycles. The molecule has 0 saturated carbocycles. The van der Waals surface area contributed by atoms with E-state index in [1.165, 1.54) is 11.8 Å². The third-order valence-electron chi connectivity index (χ3n) is 1.75. The summed E-state index contributed by atoms with van der Waals surface area (Å²) in [5.41, 5.74) is 0. The molecule has 1 rings (SSSR count). The van der Waals surface area contributed by atoms with Gasteiger partial charge in [0.1, 0.15) is 0 Å². The van der Waals surface area contributed by atoms with Crippen molar-refractivity contribution >= 4 is 16.9 Å². The van der Waals surface area contributed by atoms with Crippen LogP contribution >= 0.6 is 11.8 Å². The van der Waals surface area contributed by atoms with Crippen LogP contribution in [0.15, 0.2) is 0 Å². The number of thioether (sulfide) groups is 1. The van der Waals surface area contributed by atoms with Crippen LogP contribution in [0.25, 0.3) is 0 Å². The van der Waals surface area contributed by atoms with Gasteiger partial charge in [0.15, 0.2) is 0 Å². The van der Waals surface area contributed by atoms with E-state index in [0.717, 1.165) is 6.54 Å². The zero-order valence-corrected chi connectivity index (χ0v) is 8.15. The Morgan fingerprint density at radius 2 is 2.36 bits per heavy atom. The molecular weight excluding hydrogens is 158 g/mol. The molecule has 11 heavy (non-hydrogen) atoms. The molecular formula is C8H15NOS. The van der Waals surface area contributed by atoms with Crippen molar-refractivity contribution in [1.29, 1.82) is 0 Å². The molecule has 0 N–H and O–H groups in total. The van der Waals surface area contributed by atoms with Gasteiger partial charge < -0.3 is 0 Å². The predicted octanol–water partition coefficient (Wildman–Crippen LogP) is 1.56. The molecule has 1 heterocycles. The summed E-state index contributed by atoms with van der Waals surface area (Å²) in [6, 6.07) is 0. The van der Waals surface area contributed by atoms with Gasteiger partial charge in [0.25, 0.3) is 0 Å². The Balaban J connectivity index is 2.40. The number of carbonyl (C=O) groups is 1. The van der Waals surface area contributed by atoms with E-state index >= 15 is 0 Å². The normalized spacial score (nSPS) is 26.9. The molecule has 3 heteroatoms. The van der Waals surface area contributed by atoms with Crippen molar-refractivity contribution < 1.29 is 4.79 Å². The highest BCUT2D eigenvalue weighted by Gasteiger charge is 2.27. The summed E-state index contributed by atoms with van der Waals surface area (Å²) in [5, 5.41) is 0.711. The molecule has 0 amide bonds. The van der Waals surface area contributed by atoms with Crippen molar-refractivity contribution in [2.75, 3.05) is 13.1 Å². The van der Waals surface area contributed by atoms with Crippen LogP contribution in [0.2, 0.25) is 0 Å². The molecule has 64 valence electrons. The molecule has 2 nitrogen and oxygen atoms in total. The average molecular weight is 173 g/mol. The van der Waals surface area contributed by atoms with Crippen molar-refractivity contribution in [2.45, 2.75) is 26.1 Å². The van der Waals surface area contributed by atoms with E-state index in [-0.39, 0.29) is 0 Å². The second-order valence-corrected chi connectivity index (χ2v) is 4.79. The third-order valence-corrected chi connectivity index (χ3v) is 2.78. The maximum absolute atomic E-state index is 11.0. The summed E-state index contributed by atoms with van der Waals surface area (Å²) in [6.07, 6.45) is 0. The van der Waals surface area contributed by atoms with Crippen LogP contribution in [0.1, 0.15) is 20.8 Å². The Hall–Kier alpha value is -0.0200. The van der Waals surface area contributed by atoms with Crippen LogP contribution in [0, 0.1) is 5.92 Å². The van der Waals surface area contributed by atoms with Gasteiger partial charge in [-0.25, -0.2) is 0 Å². The van der Waals surface area contributed by atoms with Crippen molar-refractivity contribution in [3.05, 3.63) is 0 Å². The first-order chi connectivity index (χ1) is 5.09. The topological polar surface area (TPSA) is 20.3 Å². The Bertz CT molecular complexity index is 158. The van der Waals surface area contributed by atoms with Gasteiger partial charge in [0, 0.05) is 6.54 Å². The Morgan fingerprint density at radius 1 is 1.73 bits per heavy atom. The van der Waals surface area contributed by atoms with Crippen LogP contribution in [0.5, 0.6) is 0 Å². The highest BCUT2D eigenvalue weighted by molar-refractivity contribution is 8.14. The molecule has 0 bridgehead atoms. The van der Waals surface area contributed by atoms with Crippen LogP contribution in [-0.2, 0) is 4.79 Å². The minimum absolute atomic E-state index is 0.318. The molecule has 0 aliphatic carbocycles. The molecule has 0 radical (unpaired) electrons. The fourth-order valence-electron chi connectivity index (χ4n) is 1.28. The van der Waals surface area contributed by atoms with Gasteiger partial charge in [0.05, 0.1) is 11.9 Å². The summed E-state index contributed by atoms with van der Waals surface area (Å²) < 4.78 is 0. The summed E-state index contributed by atoms with van der Waals surface area (Å²) >= 11 is 1.46. The average Bonchev–Trinajstić information content (AvgIpc) is 2.09. The van der Waals surface area contributed by atoms with Crippen LogP contribution < -0.4 is 0 Å². The smallest absolute Gasteiger partial charge is 0.204 e. The highest BCUT2D eigenvalue weighted by atomic mass is 32.2. The molecule has 1 atom stereocenters. The first-order valence-corrected chi connectivity index (χ1v) is 4.91. The first kappa shape index (κ1) is 9.07. The molecule has 1 aliphatic rings. The second kappa shape index (κ2) is 3.59. The number of hydrogen-bond acceptors (Lipinski definition) is 3. The molecule has 1 fully saturated rings. The minimum atomic E-state index is 0.318. The van der Waals surface area contributed by atoms with Gasteiger partial charge in [-0.05, 0) is 12.8 Å². The van der Waals surface area contributed by atoms with E-state index in [4.69, 9.17) is 0 Å². The second-order valence-electron chi connectivity index (χ2n) is 3.41.